The molecule has 94 valence electrons. The Morgan fingerprint density at radius 3 is 2.41 bits per heavy atom. The highest BCUT2D eigenvalue weighted by molar-refractivity contribution is 7.92. The first-order chi connectivity index (χ1) is 7.71. The average molecular weight is 295 g/mol. The number of sulfone groups is 1. The van der Waals surface area contributed by atoms with Gasteiger partial charge >= 0.3 is 0 Å². The molecule has 0 amide bonds. The Labute approximate surface area is 111 Å². The second-order valence-corrected chi connectivity index (χ2v) is 7.06. The predicted octanol–water partition coefficient (Wildman–Crippen LogP) is 2.54. The Morgan fingerprint density at radius 1 is 1.35 bits per heavy atom. The van der Waals surface area contributed by atoms with Gasteiger partial charge in [-0.1, -0.05) is 29.3 Å². The van der Waals surface area contributed by atoms with E-state index < -0.39 is 15.1 Å². The molecular formula is C11H12Cl2O3S. The zero-order valence-electron chi connectivity index (χ0n) is 9.41. The van der Waals surface area contributed by atoms with E-state index in [1.165, 1.54) is 13.0 Å². The molecule has 1 atom stereocenters. The van der Waals surface area contributed by atoms with E-state index in [0.29, 0.717) is 15.6 Å². The molecule has 0 N–H and O–H groups in total. The van der Waals surface area contributed by atoms with Crippen molar-refractivity contribution in [2.24, 2.45) is 0 Å². The lowest BCUT2D eigenvalue weighted by molar-refractivity contribution is -0.117. The molecule has 1 aromatic carbocycles. The summed E-state index contributed by atoms with van der Waals surface area (Å²) in [5.41, 5.74) is 0.580. The number of rotatable bonds is 4. The first-order valence-corrected chi connectivity index (χ1v) is 7.58. The van der Waals surface area contributed by atoms with Gasteiger partial charge < -0.3 is 0 Å². The number of Topliss-reactive ketones (excluding diaryl/α,β-unsaturated/α-hetero) is 1. The molecule has 1 unspecified atom stereocenters. The van der Waals surface area contributed by atoms with Crippen molar-refractivity contribution >= 4 is 38.8 Å². The minimum atomic E-state index is -3.36. The fourth-order valence-corrected chi connectivity index (χ4v) is 2.27. The number of benzene rings is 1. The van der Waals surface area contributed by atoms with Gasteiger partial charge in [0.2, 0.25) is 0 Å². The van der Waals surface area contributed by atoms with Crippen LogP contribution in [0.25, 0.3) is 0 Å². The fraction of sp³-hybridized carbons (Fsp3) is 0.364. The van der Waals surface area contributed by atoms with Gasteiger partial charge in [-0.15, -0.1) is 0 Å². The zero-order chi connectivity index (χ0) is 13.2. The van der Waals surface area contributed by atoms with Crippen LogP contribution in [0.4, 0.5) is 0 Å². The van der Waals surface area contributed by atoms with Crippen molar-refractivity contribution in [1.29, 1.82) is 0 Å². The summed E-state index contributed by atoms with van der Waals surface area (Å²) in [6.45, 7) is 1.38. The monoisotopic (exact) mass is 294 g/mol. The van der Waals surface area contributed by atoms with Crippen molar-refractivity contribution in [1.82, 2.24) is 0 Å². The lowest BCUT2D eigenvalue weighted by Crippen LogP contribution is -2.27. The van der Waals surface area contributed by atoms with Crippen LogP contribution in [-0.4, -0.2) is 25.7 Å². The molecule has 0 fully saturated rings. The quantitative estimate of drug-likeness (QED) is 0.857. The summed E-state index contributed by atoms with van der Waals surface area (Å²) < 4.78 is 22.5. The highest BCUT2D eigenvalue weighted by Crippen LogP contribution is 2.22. The summed E-state index contributed by atoms with van der Waals surface area (Å²) in [7, 11) is -3.36. The summed E-state index contributed by atoms with van der Waals surface area (Å²) in [6, 6.07) is 4.76. The summed E-state index contributed by atoms with van der Waals surface area (Å²) in [4.78, 5) is 11.7. The van der Waals surface area contributed by atoms with E-state index in [1.807, 2.05) is 0 Å². The maximum atomic E-state index is 11.7. The summed E-state index contributed by atoms with van der Waals surface area (Å²) in [6.07, 6.45) is 1.03. The highest BCUT2D eigenvalue weighted by atomic mass is 35.5. The van der Waals surface area contributed by atoms with E-state index in [0.717, 1.165) is 6.26 Å². The molecule has 0 aliphatic rings. The molecule has 1 aromatic rings. The van der Waals surface area contributed by atoms with Crippen molar-refractivity contribution in [2.75, 3.05) is 6.26 Å². The molecule has 0 radical (unpaired) electrons. The molecule has 0 heterocycles. The lowest BCUT2D eigenvalue weighted by Gasteiger charge is -2.09. The third-order valence-corrected chi connectivity index (χ3v) is 4.61. The summed E-state index contributed by atoms with van der Waals surface area (Å²) >= 11 is 11.6. The Hall–Kier alpha value is -0.580. The van der Waals surface area contributed by atoms with Crippen molar-refractivity contribution < 1.29 is 13.2 Å². The van der Waals surface area contributed by atoms with E-state index in [4.69, 9.17) is 23.2 Å². The van der Waals surface area contributed by atoms with Crippen LogP contribution in [0.3, 0.4) is 0 Å². The molecule has 1 rings (SSSR count). The Bertz CT molecular complexity index is 538. The number of ketones is 1. The van der Waals surface area contributed by atoms with Crippen LogP contribution in [0.15, 0.2) is 18.2 Å². The van der Waals surface area contributed by atoms with Gasteiger partial charge in [0.25, 0.3) is 0 Å². The second kappa shape index (κ2) is 5.38. The van der Waals surface area contributed by atoms with Crippen LogP contribution in [-0.2, 0) is 21.1 Å². The Kier molecular flexibility index (Phi) is 4.58. The maximum Gasteiger partial charge on any atom is 0.157 e. The zero-order valence-corrected chi connectivity index (χ0v) is 11.7. The van der Waals surface area contributed by atoms with Crippen LogP contribution in [0.1, 0.15) is 12.5 Å². The van der Waals surface area contributed by atoms with E-state index in [-0.39, 0.29) is 12.2 Å². The van der Waals surface area contributed by atoms with Gasteiger partial charge in [-0.25, -0.2) is 8.42 Å². The standard InChI is InChI=1S/C11H12Cl2O3S/c1-7(17(2,15)16)11(14)5-8-3-4-9(12)6-10(8)13/h3-4,6-7H,5H2,1-2H3. The second-order valence-electron chi connectivity index (χ2n) is 3.85. The average Bonchev–Trinajstić information content (AvgIpc) is 2.19. The summed E-state index contributed by atoms with van der Waals surface area (Å²) in [5.74, 6) is -0.378. The van der Waals surface area contributed by atoms with E-state index in [1.54, 1.807) is 12.1 Å². The minimum Gasteiger partial charge on any atom is -0.298 e. The minimum absolute atomic E-state index is 0.00968. The largest absolute Gasteiger partial charge is 0.298 e. The van der Waals surface area contributed by atoms with Gasteiger partial charge in [-0.2, -0.15) is 0 Å². The number of halogens is 2. The van der Waals surface area contributed by atoms with E-state index in [9.17, 15) is 13.2 Å². The third kappa shape index (κ3) is 3.98. The van der Waals surface area contributed by atoms with Crippen LogP contribution >= 0.6 is 23.2 Å². The van der Waals surface area contributed by atoms with Crippen LogP contribution in [0.5, 0.6) is 0 Å². The molecule has 0 saturated heterocycles. The predicted molar refractivity (Wildman–Crippen MR) is 69.5 cm³/mol. The van der Waals surface area contributed by atoms with Gasteiger partial charge in [0, 0.05) is 22.7 Å². The van der Waals surface area contributed by atoms with Crippen molar-refractivity contribution in [3.63, 3.8) is 0 Å². The molecule has 0 aromatic heterocycles. The van der Waals surface area contributed by atoms with Crippen molar-refractivity contribution in [3.05, 3.63) is 33.8 Å². The smallest absolute Gasteiger partial charge is 0.157 e. The fourth-order valence-electron chi connectivity index (χ4n) is 1.24. The molecule has 0 aliphatic carbocycles. The molecule has 6 heteroatoms. The normalized spacial score (nSPS) is 13.4. The van der Waals surface area contributed by atoms with Gasteiger partial charge in [-0.05, 0) is 24.6 Å². The maximum absolute atomic E-state index is 11.7. The lowest BCUT2D eigenvalue weighted by atomic mass is 10.1. The SMILES string of the molecule is CC(C(=O)Cc1ccc(Cl)cc1Cl)S(C)(=O)=O. The molecule has 0 aliphatic heterocycles. The molecular weight excluding hydrogens is 283 g/mol. The van der Waals surface area contributed by atoms with Crippen LogP contribution < -0.4 is 0 Å². The van der Waals surface area contributed by atoms with E-state index >= 15 is 0 Å². The topological polar surface area (TPSA) is 51.2 Å². The Morgan fingerprint density at radius 2 is 1.94 bits per heavy atom. The number of carbonyl (C=O) groups is 1. The molecule has 0 bridgehead atoms. The first-order valence-electron chi connectivity index (χ1n) is 4.87. The first kappa shape index (κ1) is 14.5. The van der Waals surface area contributed by atoms with Gasteiger partial charge in [0.15, 0.2) is 15.6 Å². The van der Waals surface area contributed by atoms with Crippen LogP contribution in [0, 0.1) is 0 Å². The highest BCUT2D eigenvalue weighted by Gasteiger charge is 2.23. The Balaban J connectivity index is 2.89. The number of hydrogen-bond acceptors (Lipinski definition) is 3. The molecule has 0 saturated carbocycles. The third-order valence-electron chi connectivity index (χ3n) is 2.48. The molecule has 0 spiro atoms. The molecule has 3 nitrogen and oxygen atoms in total. The summed E-state index contributed by atoms with van der Waals surface area (Å²) in [5, 5.41) is -0.178. The van der Waals surface area contributed by atoms with E-state index in [2.05, 4.69) is 0 Å². The van der Waals surface area contributed by atoms with Crippen LogP contribution in [0.2, 0.25) is 10.0 Å². The number of hydrogen-bond donors (Lipinski definition) is 0. The molecule has 17 heavy (non-hydrogen) atoms. The van der Waals surface area contributed by atoms with Gasteiger partial charge in [-0.3, -0.25) is 4.79 Å². The number of carbonyl (C=O) groups excluding carboxylic acids is 1. The van der Waals surface area contributed by atoms with Crippen molar-refractivity contribution in [3.8, 4) is 0 Å². The van der Waals surface area contributed by atoms with Gasteiger partial charge in [0.1, 0.15) is 5.25 Å². The van der Waals surface area contributed by atoms with Crippen molar-refractivity contribution in [2.45, 2.75) is 18.6 Å². The van der Waals surface area contributed by atoms with Gasteiger partial charge in [0.05, 0.1) is 0 Å².